The summed E-state index contributed by atoms with van der Waals surface area (Å²) in [7, 11) is 0. The Balaban J connectivity index is 0.00000200. The maximum Gasteiger partial charge on any atom is 1.00 e. The molecular formula is C11H7FN3NaO3S. The third kappa shape index (κ3) is 4.43. The summed E-state index contributed by atoms with van der Waals surface area (Å²) in [6.07, 6.45) is 2.19. The largest absolute Gasteiger partial charge is 1.00 e. The Hall–Kier alpha value is -1.19. The van der Waals surface area contributed by atoms with Crippen molar-refractivity contribution in [1.29, 1.82) is 0 Å². The van der Waals surface area contributed by atoms with Crippen molar-refractivity contribution in [3.8, 4) is 0 Å². The number of carbonyl (C=O) groups is 1. The van der Waals surface area contributed by atoms with Crippen LogP contribution in [-0.4, -0.2) is 24.6 Å². The van der Waals surface area contributed by atoms with Crippen LogP contribution in [-0.2, 0) is 11.1 Å². The topological polar surface area (TPSA) is 95.0 Å². The van der Waals surface area contributed by atoms with Gasteiger partial charge in [-0.1, -0.05) is 0 Å². The Bertz CT molecular complexity index is 622. The van der Waals surface area contributed by atoms with Gasteiger partial charge in [-0.2, -0.15) is 0 Å². The van der Waals surface area contributed by atoms with Crippen molar-refractivity contribution in [3.05, 3.63) is 48.0 Å². The van der Waals surface area contributed by atoms with Crippen LogP contribution < -0.4 is 34.9 Å². The third-order valence-corrected chi connectivity index (χ3v) is 2.65. The summed E-state index contributed by atoms with van der Waals surface area (Å²) in [4.78, 5) is 18.8. The van der Waals surface area contributed by atoms with Gasteiger partial charge < -0.3 is 9.87 Å². The van der Waals surface area contributed by atoms with Crippen LogP contribution in [0.15, 0.2) is 41.8 Å². The van der Waals surface area contributed by atoms with Crippen molar-refractivity contribution >= 4 is 22.7 Å². The van der Waals surface area contributed by atoms with E-state index in [2.05, 4.69) is 15.3 Å². The van der Waals surface area contributed by atoms with Crippen LogP contribution in [0.4, 0.5) is 10.1 Å². The number of anilines is 1. The molecule has 2 aromatic rings. The van der Waals surface area contributed by atoms with Crippen molar-refractivity contribution in [3.63, 3.8) is 0 Å². The van der Waals surface area contributed by atoms with E-state index >= 15 is 0 Å². The minimum absolute atomic E-state index is 0. The van der Waals surface area contributed by atoms with Gasteiger partial charge in [0.15, 0.2) is 0 Å². The smallest absolute Gasteiger partial charge is 0.766 e. The van der Waals surface area contributed by atoms with Gasteiger partial charge in [0.25, 0.3) is 5.91 Å². The zero-order valence-electron chi connectivity index (χ0n) is 10.4. The summed E-state index contributed by atoms with van der Waals surface area (Å²) in [5.41, 5.74) is 0.501. The molecule has 1 atom stereocenters. The summed E-state index contributed by atoms with van der Waals surface area (Å²) < 4.78 is 33.8. The standard InChI is InChI=1S/C11H8FN3O3S.Na/c12-8-1-3-9(4-2-8)15-10(16)7-5-13-11(14-6-7)19(17)18;/h1-6H,(H,15,16)(H,17,18);/q;+1/p-1. The Labute approximate surface area is 138 Å². The molecule has 20 heavy (non-hydrogen) atoms. The number of benzene rings is 1. The number of aromatic nitrogens is 2. The van der Waals surface area contributed by atoms with E-state index in [1.807, 2.05) is 0 Å². The SMILES string of the molecule is O=C(Nc1ccc(F)cc1)c1cnc(S(=O)[O-])nc1.[Na+]. The molecule has 0 fully saturated rings. The van der Waals surface area contributed by atoms with E-state index in [1.165, 1.54) is 24.3 Å². The molecule has 2 rings (SSSR count). The second-order valence-electron chi connectivity index (χ2n) is 3.45. The number of rotatable bonds is 3. The van der Waals surface area contributed by atoms with E-state index < -0.39 is 28.0 Å². The zero-order chi connectivity index (χ0) is 13.8. The van der Waals surface area contributed by atoms with E-state index in [4.69, 9.17) is 0 Å². The number of halogens is 1. The monoisotopic (exact) mass is 303 g/mol. The fourth-order valence-electron chi connectivity index (χ4n) is 1.26. The molecule has 9 heteroatoms. The van der Waals surface area contributed by atoms with Gasteiger partial charge in [0.1, 0.15) is 5.82 Å². The molecule has 0 aliphatic carbocycles. The maximum atomic E-state index is 12.7. The molecule has 0 radical (unpaired) electrons. The summed E-state index contributed by atoms with van der Waals surface area (Å²) in [5.74, 6) is -0.932. The van der Waals surface area contributed by atoms with Crippen molar-refractivity contribution < 1.29 is 47.5 Å². The average molecular weight is 303 g/mol. The predicted molar refractivity (Wildman–Crippen MR) is 63.6 cm³/mol. The van der Waals surface area contributed by atoms with Gasteiger partial charge in [-0.05, 0) is 24.3 Å². The third-order valence-electron chi connectivity index (χ3n) is 2.14. The molecule has 1 unspecified atom stereocenters. The zero-order valence-corrected chi connectivity index (χ0v) is 13.2. The fraction of sp³-hybridized carbons (Fsp3) is 0. The first-order chi connectivity index (χ1) is 9.06. The first-order valence-corrected chi connectivity index (χ1v) is 6.12. The van der Waals surface area contributed by atoms with E-state index in [9.17, 15) is 17.9 Å². The maximum absolute atomic E-state index is 12.7. The summed E-state index contributed by atoms with van der Waals surface area (Å²) in [5, 5.41) is 2.10. The van der Waals surface area contributed by atoms with Gasteiger partial charge in [0, 0.05) is 29.2 Å². The molecule has 0 aliphatic heterocycles. The summed E-state index contributed by atoms with van der Waals surface area (Å²) in [6.45, 7) is 0. The van der Waals surface area contributed by atoms with Crippen molar-refractivity contribution in [1.82, 2.24) is 9.97 Å². The molecule has 0 saturated carbocycles. The normalized spacial score (nSPS) is 11.3. The first-order valence-electron chi connectivity index (χ1n) is 5.04. The van der Waals surface area contributed by atoms with E-state index in [-0.39, 0.29) is 35.1 Å². The van der Waals surface area contributed by atoms with Crippen LogP contribution in [0.2, 0.25) is 0 Å². The van der Waals surface area contributed by atoms with Gasteiger partial charge in [-0.25, -0.2) is 14.4 Å². The van der Waals surface area contributed by atoms with Gasteiger partial charge >= 0.3 is 29.6 Å². The van der Waals surface area contributed by atoms with Gasteiger partial charge in [-0.3, -0.25) is 9.00 Å². The average Bonchev–Trinajstić information content (AvgIpc) is 2.41. The van der Waals surface area contributed by atoms with Crippen molar-refractivity contribution in [2.75, 3.05) is 5.32 Å². The number of hydrogen-bond acceptors (Lipinski definition) is 5. The number of carbonyl (C=O) groups excluding carboxylic acids is 1. The number of hydrogen-bond donors (Lipinski definition) is 1. The summed E-state index contributed by atoms with van der Waals surface area (Å²) >= 11 is -2.54. The number of amides is 1. The molecule has 1 heterocycles. The second kappa shape index (κ2) is 7.55. The van der Waals surface area contributed by atoms with E-state index in [0.29, 0.717) is 5.69 Å². The molecular weight excluding hydrogens is 296 g/mol. The van der Waals surface area contributed by atoms with Crippen LogP contribution in [0.1, 0.15) is 10.4 Å². The molecule has 0 spiro atoms. The van der Waals surface area contributed by atoms with Crippen LogP contribution in [0.25, 0.3) is 0 Å². The molecule has 1 aromatic heterocycles. The van der Waals surface area contributed by atoms with Crippen LogP contribution in [0.3, 0.4) is 0 Å². The minimum Gasteiger partial charge on any atom is -0.766 e. The van der Waals surface area contributed by atoms with Crippen LogP contribution in [0, 0.1) is 5.82 Å². The molecule has 98 valence electrons. The molecule has 0 saturated heterocycles. The van der Waals surface area contributed by atoms with Crippen LogP contribution in [0.5, 0.6) is 0 Å². The second-order valence-corrected chi connectivity index (χ2v) is 4.28. The van der Waals surface area contributed by atoms with Gasteiger partial charge in [0.2, 0.25) is 5.16 Å². The van der Waals surface area contributed by atoms with Crippen molar-refractivity contribution in [2.45, 2.75) is 5.16 Å². The van der Waals surface area contributed by atoms with E-state index in [0.717, 1.165) is 12.4 Å². The predicted octanol–water partition coefficient (Wildman–Crippen LogP) is -1.89. The minimum atomic E-state index is -2.54. The summed E-state index contributed by atoms with van der Waals surface area (Å²) in [6, 6.07) is 5.20. The molecule has 0 bridgehead atoms. The molecule has 1 N–H and O–H groups in total. The Morgan fingerprint density at radius 3 is 2.25 bits per heavy atom. The number of nitrogens with zero attached hydrogens (tertiary/aromatic N) is 2. The quantitative estimate of drug-likeness (QED) is 0.406. The molecule has 1 amide bonds. The molecule has 1 aromatic carbocycles. The Morgan fingerprint density at radius 2 is 1.75 bits per heavy atom. The van der Waals surface area contributed by atoms with E-state index in [1.54, 1.807) is 0 Å². The van der Waals surface area contributed by atoms with Gasteiger partial charge in [0.05, 0.1) is 5.56 Å². The molecule has 0 aliphatic rings. The van der Waals surface area contributed by atoms with Crippen LogP contribution >= 0.6 is 0 Å². The fourth-order valence-corrected chi connectivity index (χ4v) is 1.53. The van der Waals surface area contributed by atoms with Gasteiger partial charge in [-0.15, -0.1) is 0 Å². The Morgan fingerprint density at radius 1 is 1.20 bits per heavy atom. The first kappa shape index (κ1) is 16.9. The van der Waals surface area contributed by atoms with Crippen molar-refractivity contribution in [2.24, 2.45) is 0 Å². The number of nitrogens with one attached hydrogen (secondary N) is 1. The molecule has 6 nitrogen and oxygen atoms in total. The Kier molecular flexibility index (Phi) is 6.37.